The number of carbonyl (C=O) groups excluding carboxylic acids is 1. The van der Waals surface area contributed by atoms with E-state index in [2.05, 4.69) is 21.2 Å². The molecule has 0 aliphatic heterocycles. The molecule has 0 radical (unpaired) electrons. The first kappa shape index (κ1) is 12.7. The number of benzene rings is 1. The number of aliphatic carboxylic acids is 1. The molecule has 4 nitrogen and oxygen atoms in total. The Morgan fingerprint density at radius 3 is 2.69 bits per heavy atom. The number of nitrogens with one attached hydrogen (secondary N) is 1. The van der Waals surface area contributed by atoms with Crippen LogP contribution in [0.5, 0.6) is 0 Å². The Morgan fingerprint density at radius 1 is 1.38 bits per heavy atom. The van der Waals surface area contributed by atoms with Crippen molar-refractivity contribution in [2.24, 2.45) is 0 Å². The number of hydrogen-bond acceptors (Lipinski definition) is 2. The topological polar surface area (TPSA) is 66.4 Å². The van der Waals surface area contributed by atoms with Crippen molar-refractivity contribution in [3.05, 3.63) is 28.2 Å². The molecule has 1 amide bonds. The number of halogens is 1. The number of carbonyl (C=O) groups is 2. The van der Waals surface area contributed by atoms with Crippen molar-refractivity contribution in [2.45, 2.75) is 19.8 Å². The average Bonchev–Trinajstić information content (AvgIpc) is 2.22. The van der Waals surface area contributed by atoms with Crippen molar-refractivity contribution in [1.82, 2.24) is 0 Å². The SMILES string of the molecule is Cc1c(Br)cccc1NC(=O)CCC(=O)O. The van der Waals surface area contributed by atoms with Gasteiger partial charge in [-0.15, -0.1) is 0 Å². The summed E-state index contributed by atoms with van der Waals surface area (Å²) in [7, 11) is 0. The van der Waals surface area contributed by atoms with Gasteiger partial charge in [-0.05, 0) is 24.6 Å². The van der Waals surface area contributed by atoms with Gasteiger partial charge in [0.15, 0.2) is 0 Å². The van der Waals surface area contributed by atoms with E-state index in [-0.39, 0.29) is 18.7 Å². The van der Waals surface area contributed by atoms with E-state index in [9.17, 15) is 9.59 Å². The standard InChI is InChI=1S/C11H12BrNO3/c1-7-8(12)3-2-4-9(7)13-10(14)5-6-11(15)16/h2-4H,5-6H2,1H3,(H,13,14)(H,15,16). The van der Waals surface area contributed by atoms with Crippen LogP contribution in [0.4, 0.5) is 5.69 Å². The van der Waals surface area contributed by atoms with E-state index in [1.54, 1.807) is 6.07 Å². The van der Waals surface area contributed by atoms with E-state index in [1.807, 2.05) is 19.1 Å². The van der Waals surface area contributed by atoms with Crippen LogP contribution in [0.3, 0.4) is 0 Å². The van der Waals surface area contributed by atoms with Gasteiger partial charge in [-0.3, -0.25) is 9.59 Å². The molecule has 0 fully saturated rings. The summed E-state index contributed by atoms with van der Waals surface area (Å²) in [6.45, 7) is 1.87. The third-order valence-electron chi connectivity index (χ3n) is 2.11. The third kappa shape index (κ3) is 3.66. The molecule has 86 valence electrons. The molecule has 0 atom stereocenters. The van der Waals surface area contributed by atoms with Crippen LogP contribution in [0.25, 0.3) is 0 Å². The van der Waals surface area contributed by atoms with Crippen LogP contribution in [0.2, 0.25) is 0 Å². The van der Waals surface area contributed by atoms with Gasteiger partial charge in [-0.1, -0.05) is 22.0 Å². The molecular weight excluding hydrogens is 274 g/mol. The van der Waals surface area contributed by atoms with Crippen LogP contribution >= 0.6 is 15.9 Å². The Morgan fingerprint density at radius 2 is 2.06 bits per heavy atom. The maximum absolute atomic E-state index is 11.4. The third-order valence-corrected chi connectivity index (χ3v) is 2.97. The highest BCUT2D eigenvalue weighted by molar-refractivity contribution is 9.10. The summed E-state index contributed by atoms with van der Waals surface area (Å²) in [5, 5.41) is 11.1. The van der Waals surface area contributed by atoms with Crippen LogP contribution in [-0.2, 0) is 9.59 Å². The van der Waals surface area contributed by atoms with Crippen LogP contribution < -0.4 is 5.32 Å². The quantitative estimate of drug-likeness (QED) is 0.894. The lowest BCUT2D eigenvalue weighted by atomic mass is 10.2. The van der Waals surface area contributed by atoms with Crippen molar-refractivity contribution in [3.63, 3.8) is 0 Å². The van der Waals surface area contributed by atoms with Crippen molar-refractivity contribution >= 4 is 33.5 Å². The van der Waals surface area contributed by atoms with E-state index < -0.39 is 5.97 Å². The first-order valence-corrected chi connectivity index (χ1v) is 5.56. The lowest BCUT2D eigenvalue weighted by Gasteiger charge is -2.08. The van der Waals surface area contributed by atoms with Gasteiger partial charge in [-0.25, -0.2) is 0 Å². The summed E-state index contributed by atoms with van der Waals surface area (Å²) in [5.41, 5.74) is 1.62. The maximum atomic E-state index is 11.4. The molecule has 2 N–H and O–H groups in total. The van der Waals surface area contributed by atoms with E-state index in [1.165, 1.54) is 0 Å². The zero-order chi connectivity index (χ0) is 12.1. The van der Waals surface area contributed by atoms with Crippen LogP contribution in [0.1, 0.15) is 18.4 Å². The minimum absolute atomic E-state index is 0.0126. The van der Waals surface area contributed by atoms with Crippen LogP contribution in [-0.4, -0.2) is 17.0 Å². The molecule has 1 rings (SSSR count). The highest BCUT2D eigenvalue weighted by atomic mass is 79.9. The Balaban J connectivity index is 2.63. The van der Waals surface area contributed by atoms with Gasteiger partial charge in [0.05, 0.1) is 6.42 Å². The Hall–Kier alpha value is -1.36. The van der Waals surface area contributed by atoms with Crippen LogP contribution in [0.15, 0.2) is 22.7 Å². The number of hydrogen-bond donors (Lipinski definition) is 2. The molecule has 16 heavy (non-hydrogen) atoms. The van der Waals surface area contributed by atoms with Gasteiger partial charge in [0, 0.05) is 16.6 Å². The second-order valence-corrected chi connectivity index (χ2v) is 4.21. The molecule has 0 aromatic heterocycles. The van der Waals surface area contributed by atoms with E-state index in [0.717, 1.165) is 10.0 Å². The van der Waals surface area contributed by atoms with Gasteiger partial charge in [-0.2, -0.15) is 0 Å². The van der Waals surface area contributed by atoms with Gasteiger partial charge in [0.2, 0.25) is 5.91 Å². The normalized spacial score (nSPS) is 9.88. The summed E-state index contributed by atoms with van der Waals surface area (Å²) >= 11 is 3.35. The molecule has 1 aromatic carbocycles. The molecule has 0 aliphatic rings. The summed E-state index contributed by atoms with van der Waals surface area (Å²) in [6.07, 6.45) is -0.166. The van der Waals surface area contributed by atoms with Crippen LogP contribution in [0, 0.1) is 6.92 Å². The number of anilines is 1. The highest BCUT2D eigenvalue weighted by Crippen LogP contribution is 2.23. The minimum Gasteiger partial charge on any atom is -0.481 e. The number of rotatable bonds is 4. The smallest absolute Gasteiger partial charge is 0.303 e. The predicted molar refractivity (Wildman–Crippen MR) is 64.4 cm³/mol. The largest absolute Gasteiger partial charge is 0.481 e. The zero-order valence-corrected chi connectivity index (χ0v) is 10.4. The number of carboxylic acid groups (broad SMARTS) is 1. The maximum Gasteiger partial charge on any atom is 0.303 e. The number of amides is 1. The molecular formula is C11H12BrNO3. The van der Waals surface area contributed by atoms with Crippen molar-refractivity contribution < 1.29 is 14.7 Å². The van der Waals surface area contributed by atoms with Crippen molar-refractivity contribution in [1.29, 1.82) is 0 Å². The zero-order valence-electron chi connectivity index (χ0n) is 8.79. The first-order chi connectivity index (χ1) is 7.50. The Kier molecular flexibility index (Phi) is 4.49. The van der Waals surface area contributed by atoms with E-state index in [0.29, 0.717) is 5.69 Å². The van der Waals surface area contributed by atoms with Gasteiger partial charge in [0.25, 0.3) is 0 Å². The monoisotopic (exact) mass is 285 g/mol. The van der Waals surface area contributed by atoms with E-state index >= 15 is 0 Å². The van der Waals surface area contributed by atoms with Gasteiger partial charge in [0.1, 0.15) is 0 Å². The molecule has 1 aromatic rings. The van der Waals surface area contributed by atoms with Gasteiger partial charge < -0.3 is 10.4 Å². The number of carboxylic acids is 1. The fraction of sp³-hybridized carbons (Fsp3) is 0.273. The predicted octanol–water partition coefficient (Wildman–Crippen LogP) is 2.56. The summed E-state index contributed by atoms with van der Waals surface area (Å²) < 4.78 is 0.906. The molecule has 0 aliphatic carbocycles. The van der Waals surface area contributed by atoms with Crippen molar-refractivity contribution in [2.75, 3.05) is 5.32 Å². The lowest BCUT2D eigenvalue weighted by Crippen LogP contribution is -2.13. The lowest BCUT2D eigenvalue weighted by molar-refractivity contribution is -0.138. The first-order valence-electron chi connectivity index (χ1n) is 4.77. The molecule has 5 heteroatoms. The Bertz CT molecular complexity index is 418. The average molecular weight is 286 g/mol. The van der Waals surface area contributed by atoms with Gasteiger partial charge >= 0.3 is 5.97 Å². The minimum atomic E-state index is -0.971. The Labute approximate surface area is 102 Å². The molecule has 0 saturated carbocycles. The highest BCUT2D eigenvalue weighted by Gasteiger charge is 2.08. The van der Waals surface area contributed by atoms with E-state index in [4.69, 9.17) is 5.11 Å². The fourth-order valence-corrected chi connectivity index (χ4v) is 1.54. The summed E-state index contributed by atoms with van der Waals surface area (Å²) in [4.78, 5) is 21.7. The summed E-state index contributed by atoms with van der Waals surface area (Å²) in [6, 6.07) is 5.46. The fourth-order valence-electron chi connectivity index (χ4n) is 1.18. The molecule has 0 saturated heterocycles. The molecule has 0 spiro atoms. The molecule has 0 heterocycles. The second-order valence-electron chi connectivity index (χ2n) is 3.35. The molecule has 0 unspecified atom stereocenters. The molecule has 0 bridgehead atoms. The summed E-state index contributed by atoms with van der Waals surface area (Å²) in [5.74, 6) is -1.26. The second kappa shape index (κ2) is 5.65. The van der Waals surface area contributed by atoms with Crippen molar-refractivity contribution in [3.8, 4) is 0 Å².